The second-order valence-electron chi connectivity index (χ2n) is 14.5. The minimum absolute atomic E-state index is 0. The molecule has 1 radical (unpaired) electrons. The molecule has 4 aromatic heterocycles. The largest absolute Gasteiger partial charge is 0.501 e. The SMILES string of the molecule is C[Si](C)(C)c1ccc(-n2c3ccccc3c3cnc(-c4[c-]ccc5c4oc4ccccc45)cc32)c(-c2ccccc2)c1.[Ir].[c-]1ccccc1-c1ccccn1. The van der Waals surface area contributed by atoms with Gasteiger partial charge in [-0.3, -0.25) is 0 Å². The molecule has 4 heterocycles. The number of hydrogen-bond acceptors (Lipinski definition) is 3. The maximum atomic E-state index is 6.37. The molecular weight excluding hydrogens is 867 g/mol. The van der Waals surface area contributed by atoms with Gasteiger partial charge in [0.2, 0.25) is 0 Å². The number of hydrogen-bond donors (Lipinski definition) is 0. The number of pyridine rings is 2. The third-order valence-electron chi connectivity index (χ3n) is 9.99. The van der Waals surface area contributed by atoms with E-state index in [2.05, 4.69) is 132 Å². The minimum Gasteiger partial charge on any atom is -0.501 e. The Morgan fingerprint density at radius 3 is 2.13 bits per heavy atom. The molecule has 0 unspecified atom stereocenters. The number of furan rings is 1. The fraction of sp³-hybridized carbons (Fsp3) is 0.0612. The van der Waals surface area contributed by atoms with E-state index in [1.807, 2.05) is 72.9 Å². The van der Waals surface area contributed by atoms with Gasteiger partial charge in [-0.1, -0.05) is 133 Å². The van der Waals surface area contributed by atoms with Gasteiger partial charge in [0.15, 0.2) is 0 Å². The molecule has 0 fully saturated rings. The number of rotatable bonds is 5. The molecule has 0 saturated carbocycles. The van der Waals surface area contributed by atoms with Crippen molar-refractivity contribution in [3.8, 4) is 39.3 Å². The first kappa shape index (κ1) is 36.1. The Balaban J connectivity index is 0.000000280. The first-order valence-corrected chi connectivity index (χ1v) is 21.7. The summed E-state index contributed by atoms with van der Waals surface area (Å²) >= 11 is 0. The molecule has 10 rings (SSSR count). The molecular formula is C49H37IrN3OSi-2. The van der Waals surface area contributed by atoms with Crippen LogP contribution in [0.2, 0.25) is 19.6 Å². The van der Waals surface area contributed by atoms with Gasteiger partial charge in [0, 0.05) is 59.7 Å². The van der Waals surface area contributed by atoms with Gasteiger partial charge in [0.25, 0.3) is 0 Å². The molecule has 10 aromatic rings. The topological polar surface area (TPSA) is 43.9 Å². The van der Waals surface area contributed by atoms with E-state index in [0.29, 0.717) is 0 Å². The minimum atomic E-state index is -1.54. The average Bonchev–Trinajstić information content (AvgIpc) is 3.77. The van der Waals surface area contributed by atoms with E-state index in [9.17, 15) is 0 Å². The molecule has 0 amide bonds. The molecule has 269 valence electrons. The van der Waals surface area contributed by atoms with Gasteiger partial charge >= 0.3 is 0 Å². The second kappa shape index (κ2) is 15.1. The fourth-order valence-corrected chi connectivity index (χ4v) is 8.42. The summed E-state index contributed by atoms with van der Waals surface area (Å²) in [7, 11) is -1.54. The molecule has 55 heavy (non-hydrogen) atoms. The molecule has 0 aliphatic carbocycles. The Morgan fingerprint density at radius 1 is 0.582 bits per heavy atom. The predicted octanol–water partition coefficient (Wildman–Crippen LogP) is 12.3. The smallest absolute Gasteiger partial charge is 0.120 e. The van der Waals surface area contributed by atoms with E-state index in [-0.39, 0.29) is 20.1 Å². The van der Waals surface area contributed by atoms with Crippen LogP contribution in [-0.2, 0) is 20.1 Å². The van der Waals surface area contributed by atoms with Crippen LogP contribution in [-0.4, -0.2) is 22.6 Å². The maximum absolute atomic E-state index is 6.37. The first-order valence-electron chi connectivity index (χ1n) is 18.2. The van der Waals surface area contributed by atoms with Gasteiger partial charge < -0.3 is 19.0 Å². The van der Waals surface area contributed by atoms with Crippen molar-refractivity contribution in [3.05, 3.63) is 182 Å². The summed E-state index contributed by atoms with van der Waals surface area (Å²) in [6.07, 6.45) is 3.80. The van der Waals surface area contributed by atoms with Gasteiger partial charge in [0.1, 0.15) is 5.58 Å². The third-order valence-corrected chi connectivity index (χ3v) is 12.0. The van der Waals surface area contributed by atoms with Crippen LogP contribution in [0.3, 0.4) is 0 Å². The van der Waals surface area contributed by atoms with Gasteiger partial charge in [-0.15, -0.1) is 54.1 Å². The van der Waals surface area contributed by atoms with Crippen molar-refractivity contribution < 1.29 is 24.5 Å². The third kappa shape index (κ3) is 6.85. The zero-order valence-corrected chi connectivity index (χ0v) is 34.1. The number of benzene rings is 6. The van der Waals surface area contributed by atoms with Crippen molar-refractivity contribution in [2.45, 2.75) is 19.6 Å². The number of nitrogens with zero attached hydrogens (tertiary/aromatic N) is 3. The van der Waals surface area contributed by atoms with E-state index >= 15 is 0 Å². The molecule has 0 aliphatic heterocycles. The molecule has 4 nitrogen and oxygen atoms in total. The zero-order valence-electron chi connectivity index (χ0n) is 30.7. The molecule has 0 N–H and O–H groups in total. The first-order chi connectivity index (χ1) is 26.4. The summed E-state index contributed by atoms with van der Waals surface area (Å²) in [5, 5.41) is 5.94. The van der Waals surface area contributed by atoms with Crippen LogP contribution in [0.25, 0.3) is 83.1 Å². The average molecular weight is 904 g/mol. The van der Waals surface area contributed by atoms with Crippen molar-refractivity contribution in [2.24, 2.45) is 0 Å². The summed E-state index contributed by atoms with van der Waals surface area (Å²) < 4.78 is 8.78. The van der Waals surface area contributed by atoms with Crippen LogP contribution in [0.15, 0.2) is 175 Å². The van der Waals surface area contributed by atoms with Gasteiger partial charge in [0.05, 0.1) is 24.9 Å². The summed E-state index contributed by atoms with van der Waals surface area (Å²) in [6, 6.07) is 61.2. The second-order valence-corrected chi connectivity index (χ2v) is 19.5. The van der Waals surface area contributed by atoms with Gasteiger partial charge in [-0.2, -0.15) is 0 Å². The quantitative estimate of drug-likeness (QED) is 0.128. The normalized spacial score (nSPS) is 11.4. The molecule has 0 atom stereocenters. The van der Waals surface area contributed by atoms with Crippen LogP contribution in [0.5, 0.6) is 0 Å². The van der Waals surface area contributed by atoms with Gasteiger partial charge in [-0.05, 0) is 41.2 Å². The van der Waals surface area contributed by atoms with Crippen LogP contribution < -0.4 is 5.19 Å². The fourth-order valence-electron chi connectivity index (χ4n) is 7.26. The monoisotopic (exact) mass is 904 g/mol. The van der Waals surface area contributed by atoms with Crippen LogP contribution in [0, 0.1) is 12.1 Å². The van der Waals surface area contributed by atoms with E-state index in [4.69, 9.17) is 9.40 Å². The molecule has 0 bridgehead atoms. The van der Waals surface area contributed by atoms with E-state index in [0.717, 1.165) is 66.6 Å². The summed E-state index contributed by atoms with van der Waals surface area (Å²) in [6.45, 7) is 7.22. The number of para-hydroxylation sites is 2. The Morgan fingerprint density at radius 2 is 1.35 bits per heavy atom. The van der Waals surface area contributed by atoms with Crippen molar-refractivity contribution in [2.75, 3.05) is 0 Å². The van der Waals surface area contributed by atoms with E-state index < -0.39 is 8.07 Å². The Labute approximate surface area is 335 Å². The molecule has 0 spiro atoms. The van der Waals surface area contributed by atoms with Crippen molar-refractivity contribution in [1.29, 1.82) is 0 Å². The molecule has 0 saturated heterocycles. The van der Waals surface area contributed by atoms with Crippen molar-refractivity contribution >= 4 is 57.0 Å². The molecule has 0 aliphatic rings. The predicted molar refractivity (Wildman–Crippen MR) is 227 cm³/mol. The maximum Gasteiger partial charge on any atom is 0.120 e. The van der Waals surface area contributed by atoms with Crippen LogP contribution >= 0.6 is 0 Å². The Bertz CT molecular complexity index is 2880. The summed E-state index contributed by atoms with van der Waals surface area (Å²) in [5.74, 6) is 0. The Kier molecular flexibility index (Phi) is 9.89. The van der Waals surface area contributed by atoms with Crippen LogP contribution in [0.1, 0.15) is 0 Å². The van der Waals surface area contributed by atoms with Crippen molar-refractivity contribution in [1.82, 2.24) is 14.5 Å². The number of aromatic nitrogens is 3. The van der Waals surface area contributed by atoms with Crippen molar-refractivity contribution in [3.63, 3.8) is 0 Å². The summed E-state index contributed by atoms with van der Waals surface area (Å²) in [5.41, 5.74) is 11.3. The van der Waals surface area contributed by atoms with Crippen LogP contribution in [0.4, 0.5) is 0 Å². The van der Waals surface area contributed by atoms with Gasteiger partial charge in [-0.25, -0.2) is 0 Å². The summed E-state index contributed by atoms with van der Waals surface area (Å²) in [4.78, 5) is 9.20. The standard InChI is InChI=1S/C38H29N2OSi.C11H8N.Ir/c1-42(2,3)26-20-21-35(31(22-26)25-12-5-4-6-13-25)40-34-18-9-7-14-27(34)32-24-39-33(23-36(32)40)30-17-11-16-29-28-15-8-10-19-37(28)41-38(29)30;1-2-6-10(7-3-1)11-8-4-5-9-12-11;/h4-16,18-24H,1-3H3;1-6,8-9H;/q2*-1;. The zero-order chi connectivity index (χ0) is 36.6. The van der Waals surface area contributed by atoms with E-state index in [1.165, 1.54) is 21.7 Å². The molecule has 6 heteroatoms. The van der Waals surface area contributed by atoms with E-state index in [1.54, 1.807) is 6.20 Å². The Hall–Kier alpha value is -5.91. The number of fused-ring (bicyclic) bond motifs is 6. The molecule has 6 aromatic carbocycles.